The van der Waals surface area contributed by atoms with Crippen LogP contribution in [0.5, 0.6) is 0 Å². The Bertz CT molecular complexity index is 951. The molecule has 148 valence electrons. The Labute approximate surface area is 165 Å². The van der Waals surface area contributed by atoms with Gasteiger partial charge in [0, 0.05) is 31.7 Å². The molecule has 6 nitrogen and oxygen atoms in total. The first-order valence-corrected chi connectivity index (χ1v) is 11.1. The lowest BCUT2D eigenvalue weighted by Gasteiger charge is -2.29. The molecule has 1 amide bonds. The lowest BCUT2D eigenvalue weighted by molar-refractivity contribution is 0.0729. The molecule has 4 rings (SSSR count). The average molecular weight is 401 g/mol. The summed E-state index contributed by atoms with van der Waals surface area (Å²) in [5.74, 6) is -0.0736. The molecule has 0 unspecified atom stereocenters. The van der Waals surface area contributed by atoms with Crippen molar-refractivity contribution in [2.45, 2.75) is 18.7 Å². The van der Waals surface area contributed by atoms with Gasteiger partial charge < -0.3 is 9.64 Å². The molecule has 2 aromatic rings. The molecule has 28 heavy (non-hydrogen) atoms. The van der Waals surface area contributed by atoms with E-state index in [1.54, 1.807) is 24.3 Å². The molecule has 0 spiro atoms. The molecule has 1 saturated heterocycles. The van der Waals surface area contributed by atoms with E-state index in [0.29, 0.717) is 50.5 Å². The number of fused-ring (bicyclic) bond motifs is 1. The van der Waals surface area contributed by atoms with Gasteiger partial charge >= 0.3 is 0 Å². The lowest BCUT2D eigenvalue weighted by Crippen LogP contribution is -2.41. The minimum Gasteiger partial charge on any atom is -0.379 e. The summed E-state index contributed by atoms with van der Waals surface area (Å²) in [6.45, 7) is 2.98. The van der Waals surface area contributed by atoms with Crippen molar-refractivity contribution in [2.75, 3.05) is 32.8 Å². The highest BCUT2D eigenvalue weighted by molar-refractivity contribution is 7.88. The number of carbonyl (C=O) groups is 1. The van der Waals surface area contributed by atoms with E-state index in [1.807, 2.05) is 17.0 Å². The maximum absolute atomic E-state index is 12.8. The second-order valence-corrected chi connectivity index (χ2v) is 9.18. The molecule has 2 aromatic carbocycles. The fourth-order valence-corrected chi connectivity index (χ4v) is 5.22. The molecule has 2 aliphatic heterocycles. The molecule has 0 aliphatic carbocycles. The van der Waals surface area contributed by atoms with E-state index in [4.69, 9.17) is 4.74 Å². The average Bonchev–Trinajstić information content (AvgIpc) is 2.74. The molecule has 1 fully saturated rings. The van der Waals surface area contributed by atoms with Gasteiger partial charge in [-0.05, 0) is 35.2 Å². The highest BCUT2D eigenvalue weighted by atomic mass is 32.2. The number of benzene rings is 2. The van der Waals surface area contributed by atoms with Gasteiger partial charge in [0.25, 0.3) is 5.91 Å². The number of amides is 1. The number of hydrogen-bond donors (Lipinski definition) is 0. The van der Waals surface area contributed by atoms with Crippen LogP contribution in [0.3, 0.4) is 0 Å². The predicted octanol–water partition coefficient (Wildman–Crippen LogP) is 2.05. The monoisotopic (exact) mass is 400 g/mol. The molecule has 0 N–H and O–H groups in total. The zero-order valence-corrected chi connectivity index (χ0v) is 16.5. The summed E-state index contributed by atoms with van der Waals surface area (Å²) in [6.07, 6.45) is 0.859. The Balaban J connectivity index is 1.42. The Kier molecular flexibility index (Phi) is 5.48. The van der Waals surface area contributed by atoms with E-state index >= 15 is 0 Å². The number of sulfonamides is 1. The summed E-state index contributed by atoms with van der Waals surface area (Å²) < 4.78 is 31.8. The molecule has 2 aliphatic rings. The topological polar surface area (TPSA) is 66.9 Å². The van der Waals surface area contributed by atoms with Crippen molar-refractivity contribution in [3.63, 3.8) is 0 Å². The maximum atomic E-state index is 12.8. The van der Waals surface area contributed by atoms with E-state index in [1.165, 1.54) is 15.4 Å². The van der Waals surface area contributed by atoms with Gasteiger partial charge in [-0.2, -0.15) is 4.31 Å². The van der Waals surface area contributed by atoms with Crippen LogP contribution in [0.4, 0.5) is 0 Å². The summed E-state index contributed by atoms with van der Waals surface area (Å²) in [4.78, 5) is 14.7. The van der Waals surface area contributed by atoms with Crippen LogP contribution in [0.25, 0.3) is 0 Å². The molecule has 0 aromatic heterocycles. The van der Waals surface area contributed by atoms with Crippen molar-refractivity contribution in [1.82, 2.24) is 9.21 Å². The lowest BCUT2D eigenvalue weighted by atomic mass is 9.99. The van der Waals surface area contributed by atoms with Gasteiger partial charge in [-0.3, -0.25) is 4.79 Å². The third-order valence-electron chi connectivity index (χ3n) is 5.33. The van der Waals surface area contributed by atoms with Crippen molar-refractivity contribution in [3.8, 4) is 0 Å². The van der Waals surface area contributed by atoms with Crippen LogP contribution in [0.15, 0.2) is 48.5 Å². The minimum atomic E-state index is -3.37. The largest absolute Gasteiger partial charge is 0.379 e. The first kappa shape index (κ1) is 19.1. The predicted molar refractivity (Wildman–Crippen MR) is 106 cm³/mol. The SMILES string of the molecule is O=C(c1ccc(CS(=O)(=O)N2CCOCC2)cc1)N1CCc2ccccc2C1. The molecular formula is C21H24N2O4S. The Morgan fingerprint density at radius 1 is 0.929 bits per heavy atom. The third-order valence-corrected chi connectivity index (χ3v) is 7.18. The smallest absolute Gasteiger partial charge is 0.254 e. The standard InChI is InChI=1S/C21H24N2O4S/c24-21(22-10-9-18-3-1-2-4-20(18)15-22)19-7-5-17(6-8-19)16-28(25,26)23-11-13-27-14-12-23/h1-8H,9-16H2. The Hall–Kier alpha value is -2.22. The van der Waals surface area contributed by atoms with Gasteiger partial charge in [0.2, 0.25) is 10.0 Å². The Morgan fingerprint density at radius 3 is 2.32 bits per heavy atom. The van der Waals surface area contributed by atoms with Gasteiger partial charge in [-0.25, -0.2) is 8.42 Å². The number of hydrogen-bond acceptors (Lipinski definition) is 4. The molecule has 0 bridgehead atoms. The van der Waals surface area contributed by atoms with Crippen LogP contribution in [0.1, 0.15) is 27.0 Å². The zero-order chi connectivity index (χ0) is 19.6. The highest BCUT2D eigenvalue weighted by Gasteiger charge is 2.25. The van der Waals surface area contributed by atoms with Crippen molar-refractivity contribution in [3.05, 3.63) is 70.8 Å². The van der Waals surface area contributed by atoms with Gasteiger partial charge in [-0.15, -0.1) is 0 Å². The molecule has 2 heterocycles. The quantitative estimate of drug-likeness (QED) is 0.788. The van der Waals surface area contributed by atoms with Crippen LogP contribution >= 0.6 is 0 Å². The molecule has 0 atom stereocenters. The first-order chi connectivity index (χ1) is 13.5. The van der Waals surface area contributed by atoms with Crippen molar-refractivity contribution in [1.29, 1.82) is 0 Å². The van der Waals surface area contributed by atoms with E-state index in [9.17, 15) is 13.2 Å². The van der Waals surface area contributed by atoms with Gasteiger partial charge in [0.1, 0.15) is 0 Å². The normalized spacial score (nSPS) is 17.9. The van der Waals surface area contributed by atoms with E-state index in [0.717, 1.165) is 6.42 Å². The van der Waals surface area contributed by atoms with Crippen LogP contribution in [-0.4, -0.2) is 56.4 Å². The number of morpholine rings is 1. The number of nitrogens with zero attached hydrogens (tertiary/aromatic N) is 2. The third kappa shape index (κ3) is 4.11. The second kappa shape index (κ2) is 8.03. The first-order valence-electron chi connectivity index (χ1n) is 9.53. The van der Waals surface area contributed by atoms with Crippen LogP contribution in [0.2, 0.25) is 0 Å². The van der Waals surface area contributed by atoms with Crippen molar-refractivity contribution in [2.24, 2.45) is 0 Å². The van der Waals surface area contributed by atoms with Crippen LogP contribution < -0.4 is 0 Å². The van der Waals surface area contributed by atoms with Crippen molar-refractivity contribution < 1.29 is 17.9 Å². The van der Waals surface area contributed by atoms with E-state index in [2.05, 4.69) is 12.1 Å². The summed E-state index contributed by atoms with van der Waals surface area (Å²) >= 11 is 0. The van der Waals surface area contributed by atoms with Crippen LogP contribution in [0, 0.1) is 0 Å². The molecule has 0 saturated carbocycles. The van der Waals surface area contributed by atoms with E-state index < -0.39 is 10.0 Å². The number of rotatable bonds is 4. The second-order valence-electron chi connectivity index (χ2n) is 7.21. The van der Waals surface area contributed by atoms with Crippen LogP contribution in [-0.2, 0) is 33.5 Å². The van der Waals surface area contributed by atoms with Gasteiger partial charge in [0.05, 0.1) is 19.0 Å². The summed E-state index contributed by atoms with van der Waals surface area (Å²) in [5, 5.41) is 0. The minimum absolute atomic E-state index is 0.0166. The van der Waals surface area contributed by atoms with Gasteiger partial charge in [-0.1, -0.05) is 36.4 Å². The molecule has 7 heteroatoms. The summed E-state index contributed by atoms with van der Waals surface area (Å²) in [6, 6.07) is 15.1. The van der Waals surface area contributed by atoms with Crippen molar-refractivity contribution >= 4 is 15.9 Å². The maximum Gasteiger partial charge on any atom is 0.254 e. The van der Waals surface area contributed by atoms with Gasteiger partial charge in [0.15, 0.2) is 0 Å². The summed E-state index contributed by atoms with van der Waals surface area (Å²) in [7, 11) is -3.37. The fourth-order valence-electron chi connectivity index (χ4n) is 3.72. The summed E-state index contributed by atoms with van der Waals surface area (Å²) in [5.41, 5.74) is 3.77. The molecule has 0 radical (unpaired) electrons. The van der Waals surface area contributed by atoms with E-state index in [-0.39, 0.29) is 11.7 Å². The number of carbonyl (C=O) groups excluding carboxylic acids is 1. The number of ether oxygens (including phenoxy) is 1. The molecular weight excluding hydrogens is 376 g/mol. The zero-order valence-electron chi connectivity index (χ0n) is 15.7. The highest BCUT2D eigenvalue weighted by Crippen LogP contribution is 2.21. The Morgan fingerprint density at radius 2 is 1.61 bits per heavy atom. The fraction of sp³-hybridized carbons (Fsp3) is 0.381.